The summed E-state index contributed by atoms with van der Waals surface area (Å²) in [6.07, 6.45) is 6.02. The number of nitrogens with one attached hydrogen (secondary N) is 2. The van der Waals surface area contributed by atoms with E-state index in [-0.39, 0.29) is 24.7 Å². The minimum atomic E-state index is -0.580. The van der Waals surface area contributed by atoms with Crippen LogP contribution in [0, 0.1) is 11.3 Å². The van der Waals surface area contributed by atoms with Crippen molar-refractivity contribution >= 4 is 51.6 Å². The van der Waals surface area contributed by atoms with Crippen LogP contribution in [0.4, 0.5) is 21.9 Å². The number of nitriles is 1. The first-order valence-electron chi connectivity index (χ1n) is 16.7. The van der Waals surface area contributed by atoms with Crippen molar-refractivity contribution in [3.05, 3.63) is 88.9 Å². The summed E-state index contributed by atoms with van der Waals surface area (Å²) in [6, 6.07) is 16.6. The van der Waals surface area contributed by atoms with Crippen molar-refractivity contribution < 1.29 is 28.5 Å². The Bertz CT molecular complexity index is 1980. The molecule has 2 amide bonds. The molecule has 4 aromatic rings. The molecule has 0 aliphatic carbocycles. The van der Waals surface area contributed by atoms with Gasteiger partial charge in [0.1, 0.15) is 35.9 Å². The molecule has 2 aliphatic heterocycles. The Kier molecular flexibility index (Phi) is 10.9. The van der Waals surface area contributed by atoms with E-state index >= 15 is 0 Å². The topological polar surface area (TPSA) is 148 Å². The summed E-state index contributed by atoms with van der Waals surface area (Å²) in [5.41, 5.74) is 3.47. The van der Waals surface area contributed by atoms with Crippen LogP contribution in [-0.4, -0.2) is 64.9 Å². The molecule has 264 valence electrons. The highest BCUT2D eigenvalue weighted by Gasteiger charge is 2.26. The number of anilines is 3. The SMILES string of the molecule is CC(C)(C)OC(=O)N1CCC(=CC(=O)Nc2cc3c(Nc4ccc(OCc5ccccn5)c(Cl)c4)c(C#N)cnc3cc2OC2CCOC2)CC1. The Morgan fingerprint density at radius 1 is 1.12 bits per heavy atom. The van der Waals surface area contributed by atoms with Gasteiger partial charge in [0, 0.05) is 55.1 Å². The van der Waals surface area contributed by atoms with Gasteiger partial charge in [-0.05, 0) is 70.0 Å². The molecule has 1 atom stereocenters. The van der Waals surface area contributed by atoms with E-state index in [2.05, 4.69) is 26.7 Å². The highest BCUT2D eigenvalue weighted by atomic mass is 35.5. The van der Waals surface area contributed by atoms with Gasteiger partial charge in [0.2, 0.25) is 5.91 Å². The summed E-state index contributed by atoms with van der Waals surface area (Å²) in [5, 5.41) is 17.3. The van der Waals surface area contributed by atoms with E-state index in [1.54, 1.807) is 47.5 Å². The zero-order valence-corrected chi connectivity index (χ0v) is 29.5. The van der Waals surface area contributed by atoms with Crippen molar-refractivity contribution in [3.8, 4) is 17.6 Å². The van der Waals surface area contributed by atoms with Crippen LogP contribution in [-0.2, 0) is 20.9 Å². The number of ether oxygens (including phenoxy) is 4. The van der Waals surface area contributed by atoms with Crippen LogP contribution in [0.15, 0.2) is 72.6 Å². The van der Waals surface area contributed by atoms with Gasteiger partial charge in [-0.1, -0.05) is 23.2 Å². The Morgan fingerprint density at radius 2 is 1.94 bits per heavy atom. The van der Waals surface area contributed by atoms with Gasteiger partial charge >= 0.3 is 6.09 Å². The molecule has 1 unspecified atom stereocenters. The lowest BCUT2D eigenvalue weighted by molar-refractivity contribution is -0.112. The number of pyridine rings is 2. The minimum Gasteiger partial charge on any atom is -0.486 e. The molecule has 13 heteroatoms. The summed E-state index contributed by atoms with van der Waals surface area (Å²) in [6.45, 7) is 7.69. The van der Waals surface area contributed by atoms with Gasteiger partial charge < -0.3 is 34.5 Å². The van der Waals surface area contributed by atoms with E-state index in [1.807, 2.05) is 39.0 Å². The quantitative estimate of drug-likeness (QED) is 0.167. The zero-order chi connectivity index (χ0) is 36.0. The maximum absolute atomic E-state index is 13.4. The Balaban J connectivity index is 1.24. The third-order valence-electron chi connectivity index (χ3n) is 8.22. The molecule has 12 nitrogen and oxygen atoms in total. The molecule has 6 rings (SSSR count). The van der Waals surface area contributed by atoms with E-state index in [4.69, 9.17) is 30.5 Å². The van der Waals surface area contributed by atoms with Gasteiger partial charge in [0.15, 0.2) is 0 Å². The van der Waals surface area contributed by atoms with Crippen molar-refractivity contribution in [1.82, 2.24) is 14.9 Å². The van der Waals surface area contributed by atoms with E-state index < -0.39 is 5.60 Å². The largest absolute Gasteiger partial charge is 0.486 e. The van der Waals surface area contributed by atoms with Crippen LogP contribution in [0.5, 0.6) is 11.5 Å². The van der Waals surface area contributed by atoms with E-state index in [0.29, 0.717) is 95.6 Å². The van der Waals surface area contributed by atoms with E-state index in [0.717, 1.165) is 11.3 Å². The number of carbonyl (C=O) groups excluding carboxylic acids is 2. The first kappa shape index (κ1) is 35.4. The third kappa shape index (κ3) is 9.25. The highest BCUT2D eigenvalue weighted by Crippen LogP contribution is 2.38. The van der Waals surface area contributed by atoms with Gasteiger partial charge in [-0.3, -0.25) is 14.8 Å². The van der Waals surface area contributed by atoms with Crippen molar-refractivity contribution in [1.29, 1.82) is 5.26 Å². The second-order valence-corrected chi connectivity index (χ2v) is 13.7. The lowest BCUT2D eigenvalue weighted by Gasteiger charge is -2.30. The Labute approximate surface area is 301 Å². The fourth-order valence-electron chi connectivity index (χ4n) is 5.70. The number of hydrogen-bond donors (Lipinski definition) is 2. The first-order chi connectivity index (χ1) is 24.5. The van der Waals surface area contributed by atoms with Gasteiger partial charge in [-0.15, -0.1) is 0 Å². The van der Waals surface area contributed by atoms with Crippen molar-refractivity contribution in [2.24, 2.45) is 0 Å². The predicted octanol–water partition coefficient (Wildman–Crippen LogP) is 7.54. The highest BCUT2D eigenvalue weighted by molar-refractivity contribution is 6.32. The second-order valence-electron chi connectivity index (χ2n) is 13.3. The number of amides is 2. The lowest BCUT2D eigenvalue weighted by Crippen LogP contribution is -2.40. The molecule has 2 aromatic carbocycles. The first-order valence-corrected chi connectivity index (χ1v) is 17.1. The van der Waals surface area contributed by atoms with Gasteiger partial charge in [-0.25, -0.2) is 4.79 Å². The van der Waals surface area contributed by atoms with Gasteiger partial charge in [-0.2, -0.15) is 5.26 Å². The standard InChI is InChI=1S/C38H39ClN6O6/c1-38(2,3)51-37(47)45-13-9-24(10-14-45)16-35(46)44-32-18-29-31(19-34(32)50-28-11-15-48-23-28)42-21-25(20-40)36(29)43-26-7-8-33(30(39)17-26)49-22-27-6-4-5-12-41-27/h4-8,12,16-19,21,28H,9-11,13-15,22-23H2,1-3H3,(H,42,43)(H,44,46). The molecule has 0 spiro atoms. The molecular weight excluding hydrogens is 672 g/mol. The smallest absolute Gasteiger partial charge is 0.410 e. The summed E-state index contributed by atoms with van der Waals surface area (Å²) in [5.74, 6) is 0.583. The molecule has 2 aliphatic rings. The summed E-state index contributed by atoms with van der Waals surface area (Å²) in [4.78, 5) is 36.4. The number of fused-ring (bicyclic) bond motifs is 1. The van der Waals surface area contributed by atoms with Gasteiger partial charge in [0.25, 0.3) is 0 Å². The summed E-state index contributed by atoms with van der Waals surface area (Å²) >= 11 is 6.60. The molecule has 2 saturated heterocycles. The molecule has 2 aromatic heterocycles. The Hall–Kier alpha value is -5.38. The summed E-state index contributed by atoms with van der Waals surface area (Å²) in [7, 11) is 0. The minimum absolute atomic E-state index is 0.190. The summed E-state index contributed by atoms with van der Waals surface area (Å²) < 4.78 is 23.2. The average Bonchev–Trinajstić information content (AvgIpc) is 3.62. The van der Waals surface area contributed by atoms with Crippen molar-refractivity contribution in [2.45, 2.75) is 58.3 Å². The zero-order valence-electron chi connectivity index (χ0n) is 28.7. The van der Waals surface area contributed by atoms with Crippen LogP contribution < -0.4 is 20.1 Å². The molecule has 0 radical (unpaired) electrons. The number of aromatic nitrogens is 2. The molecule has 51 heavy (non-hydrogen) atoms. The van der Waals surface area contributed by atoms with Crippen LogP contribution in [0.1, 0.15) is 51.3 Å². The number of hydrogen-bond acceptors (Lipinski definition) is 10. The normalized spacial score (nSPS) is 15.9. The average molecular weight is 711 g/mol. The van der Waals surface area contributed by atoms with Crippen LogP contribution in [0.3, 0.4) is 0 Å². The number of piperidine rings is 1. The number of carbonyl (C=O) groups is 2. The number of nitrogens with zero attached hydrogens (tertiary/aromatic N) is 4. The molecule has 4 heterocycles. The van der Waals surface area contributed by atoms with Crippen molar-refractivity contribution in [2.75, 3.05) is 36.9 Å². The molecule has 2 fully saturated rings. The second kappa shape index (κ2) is 15.7. The fraction of sp³-hybridized carbons (Fsp3) is 0.342. The lowest BCUT2D eigenvalue weighted by atomic mass is 10.0. The molecule has 2 N–H and O–H groups in total. The maximum Gasteiger partial charge on any atom is 0.410 e. The molecule has 0 bridgehead atoms. The van der Waals surface area contributed by atoms with Crippen LogP contribution in [0.2, 0.25) is 5.02 Å². The number of benzene rings is 2. The van der Waals surface area contributed by atoms with E-state index in [9.17, 15) is 14.9 Å². The predicted molar refractivity (Wildman–Crippen MR) is 193 cm³/mol. The number of rotatable bonds is 9. The van der Waals surface area contributed by atoms with Gasteiger partial charge in [0.05, 0.1) is 46.4 Å². The fourth-order valence-corrected chi connectivity index (χ4v) is 5.93. The Morgan fingerprint density at radius 3 is 2.63 bits per heavy atom. The number of halogens is 1. The molecule has 0 saturated carbocycles. The maximum atomic E-state index is 13.4. The monoisotopic (exact) mass is 710 g/mol. The van der Waals surface area contributed by atoms with E-state index in [1.165, 1.54) is 6.20 Å². The van der Waals surface area contributed by atoms with Crippen LogP contribution in [0.25, 0.3) is 10.9 Å². The third-order valence-corrected chi connectivity index (χ3v) is 8.52. The van der Waals surface area contributed by atoms with Crippen molar-refractivity contribution in [3.63, 3.8) is 0 Å². The molecular formula is C38H39ClN6O6. The number of likely N-dealkylation sites (tertiary alicyclic amines) is 1. The van der Waals surface area contributed by atoms with Crippen LogP contribution >= 0.6 is 11.6 Å².